The van der Waals surface area contributed by atoms with Crippen LogP contribution in [0.2, 0.25) is 0 Å². The van der Waals surface area contributed by atoms with Crippen molar-refractivity contribution in [2.45, 2.75) is 44.2 Å². The van der Waals surface area contributed by atoms with Crippen LogP contribution in [-0.4, -0.2) is 33.2 Å². The predicted molar refractivity (Wildman–Crippen MR) is 109 cm³/mol. The largest absolute Gasteiger partial charge is 0.393 e. The van der Waals surface area contributed by atoms with Crippen molar-refractivity contribution in [3.8, 4) is 0 Å². The molecule has 0 bridgehead atoms. The number of aliphatic hydroxyl groups excluding tert-OH is 1. The van der Waals surface area contributed by atoms with Gasteiger partial charge in [0.05, 0.1) is 17.1 Å². The van der Waals surface area contributed by atoms with E-state index in [1.165, 1.54) is 6.07 Å². The van der Waals surface area contributed by atoms with Gasteiger partial charge in [0, 0.05) is 18.2 Å². The number of benzene rings is 2. The summed E-state index contributed by atoms with van der Waals surface area (Å²) in [5, 5.41) is 12.5. The molecule has 1 aromatic heterocycles. The Balaban J connectivity index is 1.47. The number of hydrogen-bond donors (Lipinski definition) is 3. The summed E-state index contributed by atoms with van der Waals surface area (Å²) < 4.78 is 15.4. The number of carbonyl (C=O) groups is 1. The van der Waals surface area contributed by atoms with Crippen LogP contribution in [0.5, 0.6) is 0 Å². The van der Waals surface area contributed by atoms with Gasteiger partial charge in [-0.3, -0.25) is 9.36 Å². The molecule has 2 aromatic carbocycles. The van der Waals surface area contributed by atoms with Crippen molar-refractivity contribution in [1.29, 1.82) is 0 Å². The molecule has 1 fully saturated rings. The highest BCUT2D eigenvalue weighted by Crippen LogP contribution is 2.29. The summed E-state index contributed by atoms with van der Waals surface area (Å²) in [5.41, 5.74) is 2.18. The smallest absolute Gasteiger partial charge is 0.326 e. The van der Waals surface area contributed by atoms with Crippen molar-refractivity contribution < 1.29 is 14.3 Å². The highest BCUT2D eigenvalue weighted by molar-refractivity contribution is 5.97. The van der Waals surface area contributed by atoms with E-state index >= 15 is 0 Å². The van der Waals surface area contributed by atoms with Crippen molar-refractivity contribution in [2.24, 2.45) is 0 Å². The van der Waals surface area contributed by atoms with E-state index in [1.807, 2.05) is 0 Å². The van der Waals surface area contributed by atoms with Crippen LogP contribution in [0, 0.1) is 5.82 Å². The molecule has 1 aliphatic carbocycles. The van der Waals surface area contributed by atoms with E-state index in [2.05, 4.69) is 10.3 Å². The van der Waals surface area contributed by atoms with E-state index in [0.29, 0.717) is 42.5 Å². The normalized spacial score (nSPS) is 19.4. The number of nitrogens with one attached hydrogen (secondary N) is 2. The molecule has 0 radical (unpaired) electrons. The Labute approximate surface area is 167 Å². The van der Waals surface area contributed by atoms with Crippen LogP contribution >= 0.6 is 0 Å². The molecule has 1 saturated carbocycles. The van der Waals surface area contributed by atoms with Crippen LogP contribution in [0.15, 0.2) is 47.3 Å². The molecule has 6 nitrogen and oxygen atoms in total. The van der Waals surface area contributed by atoms with Crippen molar-refractivity contribution in [2.75, 3.05) is 6.54 Å². The number of hydrogen-bond acceptors (Lipinski definition) is 3. The van der Waals surface area contributed by atoms with Crippen LogP contribution < -0.4 is 11.0 Å². The second-order valence-corrected chi connectivity index (χ2v) is 7.59. The second kappa shape index (κ2) is 8.21. The maximum Gasteiger partial charge on any atom is 0.326 e. The van der Waals surface area contributed by atoms with Crippen LogP contribution in [0.3, 0.4) is 0 Å². The summed E-state index contributed by atoms with van der Waals surface area (Å²) in [7, 11) is 0. The van der Waals surface area contributed by atoms with Gasteiger partial charge < -0.3 is 15.4 Å². The van der Waals surface area contributed by atoms with E-state index < -0.39 is 0 Å². The van der Waals surface area contributed by atoms with Crippen molar-refractivity contribution >= 4 is 16.9 Å². The lowest BCUT2D eigenvalue weighted by molar-refractivity contribution is 0.0954. The molecule has 29 heavy (non-hydrogen) atoms. The van der Waals surface area contributed by atoms with Gasteiger partial charge in [-0.1, -0.05) is 18.2 Å². The Hall–Kier alpha value is -2.93. The predicted octanol–water partition coefficient (Wildman–Crippen LogP) is 2.92. The molecule has 0 atom stereocenters. The minimum Gasteiger partial charge on any atom is -0.393 e. The first-order chi connectivity index (χ1) is 14.0. The molecule has 4 rings (SSSR count). The zero-order chi connectivity index (χ0) is 20.4. The molecule has 0 spiro atoms. The van der Waals surface area contributed by atoms with Gasteiger partial charge in [0.2, 0.25) is 0 Å². The lowest BCUT2D eigenvalue weighted by atomic mass is 9.93. The molecular formula is C22H24FN3O3. The van der Waals surface area contributed by atoms with E-state index in [0.717, 1.165) is 18.4 Å². The average Bonchev–Trinajstić information content (AvgIpc) is 3.05. The number of imidazole rings is 1. The monoisotopic (exact) mass is 397 g/mol. The van der Waals surface area contributed by atoms with Crippen LogP contribution in [0.4, 0.5) is 4.39 Å². The van der Waals surface area contributed by atoms with Gasteiger partial charge in [-0.25, -0.2) is 9.18 Å². The lowest BCUT2D eigenvalue weighted by Crippen LogP contribution is -2.27. The third kappa shape index (κ3) is 4.10. The van der Waals surface area contributed by atoms with Gasteiger partial charge in [0.25, 0.3) is 5.91 Å². The number of halogens is 1. The molecule has 1 aliphatic rings. The Bertz CT molecular complexity index is 1080. The van der Waals surface area contributed by atoms with Crippen LogP contribution in [0.25, 0.3) is 11.0 Å². The van der Waals surface area contributed by atoms with Crippen molar-refractivity contribution in [1.82, 2.24) is 14.9 Å². The summed E-state index contributed by atoms with van der Waals surface area (Å²) in [5.74, 6) is -0.546. The third-order valence-corrected chi connectivity index (χ3v) is 5.65. The van der Waals surface area contributed by atoms with Gasteiger partial charge >= 0.3 is 5.69 Å². The third-order valence-electron chi connectivity index (χ3n) is 5.65. The molecule has 0 saturated heterocycles. The minimum absolute atomic E-state index is 0.0556. The van der Waals surface area contributed by atoms with Crippen molar-refractivity contribution in [3.05, 3.63) is 69.9 Å². The Morgan fingerprint density at radius 3 is 2.69 bits per heavy atom. The van der Waals surface area contributed by atoms with Gasteiger partial charge in [-0.05, 0) is 61.9 Å². The maximum absolute atomic E-state index is 13.7. The molecule has 7 heteroatoms. The quantitative estimate of drug-likeness (QED) is 0.619. The zero-order valence-electron chi connectivity index (χ0n) is 16.0. The maximum atomic E-state index is 13.7. The fourth-order valence-corrected chi connectivity index (χ4v) is 4.07. The van der Waals surface area contributed by atoms with Gasteiger partial charge in [0.15, 0.2) is 0 Å². The highest BCUT2D eigenvalue weighted by atomic mass is 19.1. The van der Waals surface area contributed by atoms with Gasteiger partial charge in [-0.15, -0.1) is 0 Å². The standard InChI is InChI=1S/C22H24FN3O3/c23-18-4-2-1-3-14(18)11-12-24-21(28)15-5-10-20-19(13-15)25-22(29)26(20)16-6-8-17(27)9-7-16/h1-5,10,13,16-17,27H,6-9,11-12H2,(H,24,28)(H,25,29). The number of amides is 1. The topological polar surface area (TPSA) is 87.1 Å². The number of aromatic nitrogens is 2. The molecule has 1 amide bonds. The second-order valence-electron chi connectivity index (χ2n) is 7.59. The highest BCUT2D eigenvalue weighted by Gasteiger charge is 2.24. The number of carbonyl (C=O) groups excluding carboxylic acids is 1. The molecule has 152 valence electrons. The lowest BCUT2D eigenvalue weighted by Gasteiger charge is -2.26. The first-order valence-electron chi connectivity index (χ1n) is 9.97. The summed E-state index contributed by atoms with van der Waals surface area (Å²) in [6.07, 6.45) is 3.00. The average molecular weight is 397 g/mol. The van der Waals surface area contributed by atoms with Crippen LogP contribution in [0.1, 0.15) is 47.6 Å². The van der Waals surface area contributed by atoms with E-state index in [9.17, 15) is 19.1 Å². The van der Waals surface area contributed by atoms with Gasteiger partial charge in [0.1, 0.15) is 5.82 Å². The number of nitrogens with zero attached hydrogens (tertiary/aromatic N) is 1. The molecule has 0 unspecified atom stereocenters. The minimum atomic E-state index is -0.285. The molecule has 3 N–H and O–H groups in total. The number of aromatic amines is 1. The van der Waals surface area contributed by atoms with E-state index in [-0.39, 0.29) is 29.6 Å². The molecule has 0 aliphatic heterocycles. The number of rotatable bonds is 5. The molecule has 3 aromatic rings. The van der Waals surface area contributed by atoms with Crippen LogP contribution in [-0.2, 0) is 6.42 Å². The first-order valence-corrected chi connectivity index (χ1v) is 9.97. The Morgan fingerprint density at radius 1 is 1.17 bits per heavy atom. The summed E-state index contributed by atoms with van der Waals surface area (Å²) >= 11 is 0. The fraction of sp³-hybridized carbons (Fsp3) is 0.364. The number of H-pyrrole nitrogens is 1. The molecular weight excluding hydrogens is 373 g/mol. The van der Waals surface area contributed by atoms with Crippen molar-refractivity contribution in [3.63, 3.8) is 0 Å². The van der Waals surface area contributed by atoms with Gasteiger partial charge in [-0.2, -0.15) is 0 Å². The number of aliphatic hydroxyl groups is 1. The van der Waals surface area contributed by atoms with E-state index in [1.54, 1.807) is 41.0 Å². The summed E-state index contributed by atoms with van der Waals surface area (Å²) in [6.45, 7) is 0.319. The molecule has 1 heterocycles. The number of fused-ring (bicyclic) bond motifs is 1. The van der Waals surface area contributed by atoms with E-state index in [4.69, 9.17) is 0 Å². The summed E-state index contributed by atoms with van der Waals surface area (Å²) in [6, 6.07) is 11.7. The summed E-state index contributed by atoms with van der Waals surface area (Å²) in [4.78, 5) is 27.8. The fourth-order valence-electron chi connectivity index (χ4n) is 4.07. The zero-order valence-corrected chi connectivity index (χ0v) is 16.0. The Morgan fingerprint density at radius 2 is 1.93 bits per heavy atom. The first kappa shape index (κ1) is 19.4. The Kier molecular flexibility index (Phi) is 5.49. The SMILES string of the molecule is O=C(NCCc1ccccc1F)c1ccc2c(c1)[nH]c(=O)n2C1CCC(O)CC1.